The summed E-state index contributed by atoms with van der Waals surface area (Å²) in [6.07, 6.45) is 5.26. The Bertz CT molecular complexity index is 1130. The predicted octanol–water partition coefficient (Wildman–Crippen LogP) is 2.64. The normalized spacial score (nSPS) is 16.7. The summed E-state index contributed by atoms with van der Waals surface area (Å²) in [5.74, 6) is 0.0351. The molecule has 204 valence electrons. The molecule has 1 heterocycles. The van der Waals surface area contributed by atoms with E-state index >= 15 is 0 Å². The molecule has 3 rings (SSSR count). The largest absolute Gasteiger partial charge is 0.506 e. The van der Waals surface area contributed by atoms with Gasteiger partial charge >= 0.3 is 0 Å². The van der Waals surface area contributed by atoms with Crippen molar-refractivity contribution in [2.75, 3.05) is 42.1 Å². The van der Waals surface area contributed by atoms with Crippen LogP contribution in [0.4, 0.5) is 11.4 Å². The zero-order chi connectivity index (χ0) is 26.8. The van der Waals surface area contributed by atoms with Gasteiger partial charge in [0.05, 0.1) is 18.1 Å². The molecule has 2 aromatic carbocycles. The smallest absolute Gasteiger partial charge is 0.251 e. The number of phenols is 1. The lowest BCUT2D eigenvalue weighted by Crippen LogP contribution is -2.51. The Morgan fingerprint density at radius 1 is 1.19 bits per heavy atom. The highest BCUT2D eigenvalue weighted by Crippen LogP contribution is 2.29. The van der Waals surface area contributed by atoms with E-state index in [4.69, 9.17) is 4.74 Å². The van der Waals surface area contributed by atoms with Gasteiger partial charge in [0, 0.05) is 37.0 Å². The number of nitrogens with zero attached hydrogens (tertiary/aromatic N) is 1. The quantitative estimate of drug-likeness (QED) is 0.195. The number of hydrogen-bond acceptors (Lipinski definition) is 8. The number of aliphatic hydroxyl groups is 1. The van der Waals surface area contributed by atoms with Gasteiger partial charge in [-0.25, -0.2) is 8.42 Å². The number of aromatic hydroxyl groups is 1. The van der Waals surface area contributed by atoms with E-state index in [-0.39, 0.29) is 30.1 Å². The predicted molar refractivity (Wildman–Crippen MR) is 145 cm³/mol. The first kappa shape index (κ1) is 28.5. The number of piperidine rings is 1. The minimum Gasteiger partial charge on any atom is -0.506 e. The van der Waals surface area contributed by atoms with Gasteiger partial charge in [-0.05, 0) is 62.1 Å². The Labute approximate surface area is 219 Å². The summed E-state index contributed by atoms with van der Waals surface area (Å²) in [6, 6.07) is 11.8. The second kappa shape index (κ2) is 13.5. The molecule has 1 unspecified atom stereocenters. The summed E-state index contributed by atoms with van der Waals surface area (Å²) < 4.78 is 30.8. The number of anilines is 2. The van der Waals surface area contributed by atoms with Crippen molar-refractivity contribution in [3.8, 4) is 11.5 Å². The second-order valence-electron chi connectivity index (χ2n) is 9.29. The zero-order valence-electron chi connectivity index (χ0n) is 21.4. The number of ether oxygens (including phenoxy) is 1. The third-order valence-electron chi connectivity index (χ3n) is 6.07. The van der Waals surface area contributed by atoms with Crippen molar-refractivity contribution in [1.29, 1.82) is 0 Å². The van der Waals surface area contributed by atoms with Gasteiger partial charge in [0.2, 0.25) is 10.0 Å². The summed E-state index contributed by atoms with van der Waals surface area (Å²) in [7, 11) is -3.56. The number of phenolic OH excluding ortho intramolecular Hbond substituents is 1. The molecule has 0 aliphatic carbocycles. The number of rotatable bonds is 13. The summed E-state index contributed by atoms with van der Waals surface area (Å²) in [6.45, 7) is 3.92. The molecule has 0 bridgehead atoms. The van der Waals surface area contributed by atoms with Gasteiger partial charge in [0.1, 0.15) is 24.2 Å². The first-order valence-corrected chi connectivity index (χ1v) is 14.6. The van der Waals surface area contributed by atoms with Crippen LogP contribution in [-0.2, 0) is 10.0 Å². The molecular weight excluding hydrogens is 496 g/mol. The second-order valence-corrected chi connectivity index (χ2v) is 11.0. The number of unbranched alkanes of at least 4 members (excludes halogenated alkanes) is 1. The maximum atomic E-state index is 12.3. The number of hydrogen-bond donors (Lipinski definition) is 5. The summed E-state index contributed by atoms with van der Waals surface area (Å²) in [5.41, 5.74) is 1.66. The van der Waals surface area contributed by atoms with Gasteiger partial charge < -0.3 is 25.2 Å². The van der Waals surface area contributed by atoms with Crippen LogP contribution in [0.2, 0.25) is 0 Å². The molecule has 2 atom stereocenters. The third kappa shape index (κ3) is 9.10. The Balaban J connectivity index is 1.52. The van der Waals surface area contributed by atoms with Gasteiger partial charge in [-0.2, -0.15) is 0 Å². The van der Waals surface area contributed by atoms with E-state index in [1.54, 1.807) is 0 Å². The number of carbonyl (C=O) groups excluding carboxylic acids is 1. The molecule has 1 saturated heterocycles. The van der Waals surface area contributed by atoms with Crippen molar-refractivity contribution in [3.63, 3.8) is 0 Å². The number of amides is 1. The van der Waals surface area contributed by atoms with Crippen molar-refractivity contribution >= 4 is 27.3 Å². The van der Waals surface area contributed by atoms with E-state index < -0.39 is 16.1 Å². The number of sulfonamides is 1. The number of carbonyl (C=O) groups is 1. The van der Waals surface area contributed by atoms with Gasteiger partial charge in [0.25, 0.3) is 5.91 Å². The first-order chi connectivity index (χ1) is 17.7. The van der Waals surface area contributed by atoms with E-state index in [0.29, 0.717) is 24.4 Å². The molecule has 1 aliphatic rings. The highest BCUT2D eigenvalue weighted by Gasteiger charge is 2.23. The van der Waals surface area contributed by atoms with Crippen LogP contribution in [0, 0.1) is 0 Å². The zero-order valence-corrected chi connectivity index (χ0v) is 22.3. The van der Waals surface area contributed by atoms with E-state index in [0.717, 1.165) is 50.6 Å². The average Bonchev–Trinajstić information content (AvgIpc) is 2.87. The monoisotopic (exact) mass is 534 g/mol. The molecule has 0 saturated carbocycles. The fourth-order valence-corrected chi connectivity index (χ4v) is 4.71. The van der Waals surface area contributed by atoms with Gasteiger partial charge in [-0.1, -0.05) is 13.3 Å². The highest BCUT2D eigenvalue weighted by molar-refractivity contribution is 7.92. The van der Waals surface area contributed by atoms with Crippen LogP contribution in [0.25, 0.3) is 0 Å². The van der Waals surface area contributed by atoms with E-state index in [9.17, 15) is 23.4 Å². The molecule has 37 heavy (non-hydrogen) atoms. The van der Waals surface area contributed by atoms with Crippen LogP contribution < -0.4 is 25.0 Å². The van der Waals surface area contributed by atoms with E-state index in [1.807, 2.05) is 24.3 Å². The number of aliphatic hydroxyl groups excluding tert-OH is 1. The Morgan fingerprint density at radius 3 is 2.65 bits per heavy atom. The van der Waals surface area contributed by atoms with Gasteiger partial charge in [0.15, 0.2) is 0 Å². The van der Waals surface area contributed by atoms with E-state index in [1.165, 1.54) is 18.2 Å². The van der Waals surface area contributed by atoms with Crippen molar-refractivity contribution in [2.24, 2.45) is 0 Å². The van der Waals surface area contributed by atoms with Crippen LogP contribution in [0.1, 0.15) is 49.4 Å². The molecule has 0 radical (unpaired) electrons. The minimum atomic E-state index is -3.56. The molecule has 5 N–H and O–H groups in total. The first-order valence-electron chi connectivity index (χ1n) is 12.7. The SMILES string of the molecule is CCCCNC(=O)c1ccc(N2CCCCC2NC[C@H](O)COc2ccc(O)c(NS(C)(=O)=O)c2)cc1. The summed E-state index contributed by atoms with van der Waals surface area (Å²) in [4.78, 5) is 14.5. The Morgan fingerprint density at radius 2 is 1.95 bits per heavy atom. The lowest BCUT2D eigenvalue weighted by molar-refractivity contribution is 0.0953. The lowest BCUT2D eigenvalue weighted by Gasteiger charge is -2.38. The van der Waals surface area contributed by atoms with Crippen LogP contribution in [-0.4, -0.2) is 69.3 Å². The number of nitrogens with one attached hydrogen (secondary N) is 3. The standard InChI is InChI=1S/C26H38N4O6S/c1-3-4-14-27-26(33)19-8-10-20(11-9-19)30-15-6-5-7-25(30)28-17-21(31)18-36-22-12-13-24(32)23(16-22)29-37(2,34)35/h8-13,16,21,25,28-29,31-32H,3-7,14-15,17-18H2,1-2H3,(H,27,33)/t21-,25?/m0/s1. The van der Waals surface area contributed by atoms with Crippen LogP contribution in [0.5, 0.6) is 11.5 Å². The molecular formula is C26H38N4O6S. The summed E-state index contributed by atoms with van der Waals surface area (Å²) in [5, 5.41) is 26.7. The molecule has 1 aliphatic heterocycles. The molecule has 11 heteroatoms. The highest BCUT2D eigenvalue weighted by atomic mass is 32.2. The van der Waals surface area contributed by atoms with Crippen LogP contribution >= 0.6 is 0 Å². The number of benzene rings is 2. The maximum Gasteiger partial charge on any atom is 0.251 e. The Hall–Kier alpha value is -3.02. The summed E-state index contributed by atoms with van der Waals surface area (Å²) >= 11 is 0. The fourth-order valence-electron chi connectivity index (χ4n) is 4.15. The van der Waals surface area contributed by atoms with Crippen molar-refractivity contribution in [1.82, 2.24) is 10.6 Å². The molecule has 10 nitrogen and oxygen atoms in total. The lowest BCUT2D eigenvalue weighted by atomic mass is 10.1. The third-order valence-corrected chi connectivity index (χ3v) is 6.67. The topological polar surface area (TPSA) is 140 Å². The molecule has 1 fully saturated rings. The van der Waals surface area contributed by atoms with E-state index in [2.05, 4.69) is 27.2 Å². The average molecular weight is 535 g/mol. The van der Waals surface area contributed by atoms with Gasteiger partial charge in [-0.15, -0.1) is 0 Å². The molecule has 0 aromatic heterocycles. The van der Waals surface area contributed by atoms with Crippen molar-refractivity contribution < 1.29 is 28.2 Å². The fraction of sp³-hybridized carbons (Fsp3) is 0.500. The van der Waals surface area contributed by atoms with Gasteiger partial charge in [-0.3, -0.25) is 14.8 Å². The molecule has 0 spiro atoms. The Kier molecular flexibility index (Phi) is 10.4. The molecule has 2 aromatic rings. The van der Waals surface area contributed by atoms with Crippen molar-refractivity contribution in [3.05, 3.63) is 48.0 Å². The maximum absolute atomic E-state index is 12.3. The minimum absolute atomic E-state index is 0.00919. The van der Waals surface area contributed by atoms with Crippen LogP contribution in [0.3, 0.4) is 0 Å². The van der Waals surface area contributed by atoms with Crippen molar-refractivity contribution in [2.45, 2.75) is 51.3 Å². The van der Waals surface area contributed by atoms with Crippen LogP contribution in [0.15, 0.2) is 42.5 Å². The molecule has 1 amide bonds.